The fourth-order valence-electron chi connectivity index (χ4n) is 3.12. The first-order chi connectivity index (χ1) is 12.8. The van der Waals surface area contributed by atoms with Gasteiger partial charge in [-0.1, -0.05) is 82.9 Å². The van der Waals surface area contributed by atoms with Crippen molar-refractivity contribution in [3.8, 4) is 22.6 Å². The lowest BCUT2D eigenvalue weighted by atomic mass is 10.1. The van der Waals surface area contributed by atoms with Gasteiger partial charge in [-0.2, -0.15) is 0 Å². The molecule has 0 saturated carbocycles. The largest absolute Gasteiger partial charge is 0.508 e. The molecule has 0 amide bonds. The number of phenolic OH excluding ortho intramolecular Hbond substituents is 1. The van der Waals surface area contributed by atoms with Crippen molar-refractivity contribution in [2.24, 2.45) is 0 Å². The van der Waals surface area contributed by atoms with Crippen LogP contribution >= 0.6 is 0 Å². The summed E-state index contributed by atoms with van der Waals surface area (Å²) in [6, 6.07) is 16.3. The van der Waals surface area contributed by atoms with Gasteiger partial charge >= 0.3 is 0 Å². The summed E-state index contributed by atoms with van der Waals surface area (Å²) in [5.41, 5.74) is 2.03. The Bertz CT molecular complexity index is 604. The van der Waals surface area contributed by atoms with Gasteiger partial charge in [-0.25, -0.2) is 0 Å². The summed E-state index contributed by atoms with van der Waals surface area (Å²) in [7, 11) is 0. The highest BCUT2D eigenvalue weighted by Crippen LogP contribution is 2.25. The smallest absolute Gasteiger partial charge is 0.119 e. The molecule has 2 nitrogen and oxygen atoms in total. The van der Waals surface area contributed by atoms with Crippen molar-refractivity contribution in [1.29, 1.82) is 0 Å². The molecule has 2 heteroatoms. The van der Waals surface area contributed by atoms with Crippen LogP contribution in [0.25, 0.3) is 11.1 Å². The molecular weight excluding hydrogens is 320 g/mol. The number of phenols is 1. The Labute approximate surface area is 159 Å². The van der Waals surface area contributed by atoms with Crippen LogP contribution < -0.4 is 4.74 Å². The maximum atomic E-state index is 9.39. The Balaban J connectivity index is 1.58. The fourth-order valence-corrected chi connectivity index (χ4v) is 3.12. The number of aromatic hydroxyl groups is 1. The molecule has 0 heterocycles. The predicted octanol–water partition coefficient (Wildman–Crippen LogP) is 7.16. The molecule has 0 aromatic heterocycles. The molecule has 1 N–H and O–H groups in total. The molecule has 0 spiro atoms. The predicted molar refractivity (Wildman–Crippen MR) is 110 cm³/mol. The highest BCUT2D eigenvalue weighted by molar-refractivity contribution is 5.65. The normalized spacial score (nSPS) is 10.8. The van der Waals surface area contributed by atoms with E-state index in [1.54, 1.807) is 12.1 Å². The SMILES string of the molecule is CCCCCCCCCCCCOc1cc[c]c(-c2ccc(O)cc2)c1. The van der Waals surface area contributed by atoms with E-state index in [4.69, 9.17) is 4.74 Å². The molecule has 0 unspecified atom stereocenters. The Kier molecular flexibility index (Phi) is 9.71. The van der Waals surface area contributed by atoms with Crippen LogP contribution in [0.4, 0.5) is 0 Å². The molecule has 0 aliphatic carbocycles. The highest BCUT2D eigenvalue weighted by Gasteiger charge is 2.01. The molecule has 141 valence electrons. The van der Waals surface area contributed by atoms with Crippen molar-refractivity contribution < 1.29 is 9.84 Å². The van der Waals surface area contributed by atoms with Gasteiger partial charge in [-0.05, 0) is 47.9 Å². The monoisotopic (exact) mass is 353 g/mol. The number of unbranched alkanes of at least 4 members (excludes halogenated alkanes) is 9. The van der Waals surface area contributed by atoms with E-state index >= 15 is 0 Å². The third kappa shape index (κ3) is 7.95. The number of rotatable bonds is 13. The van der Waals surface area contributed by atoms with Gasteiger partial charge in [-0.15, -0.1) is 0 Å². The zero-order chi connectivity index (χ0) is 18.5. The van der Waals surface area contributed by atoms with Crippen molar-refractivity contribution in [1.82, 2.24) is 0 Å². The second kappa shape index (κ2) is 12.4. The molecule has 2 aromatic carbocycles. The van der Waals surface area contributed by atoms with Crippen molar-refractivity contribution >= 4 is 0 Å². The summed E-state index contributed by atoms with van der Waals surface area (Å²) >= 11 is 0. The van der Waals surface area contributed by atoms with E-state index < -0.39 is 0 Å². The van der Waals surface area contributed by atoms with E-state index in [1.807, 2.05) is 30.3 Å². The van der Waals surface area contributed by atoms with Crippen molar-refractivity contribution in [2.75, 3.05) is 6.61 Å². The van der Waals surface area contributed by atoms with Gasteiger partial charge in [0.1, 0.15) is 11.5 Å². The molecule has 0 saturated heterocycles. The van der Waals surface area contributed by atoms with Gasteiger partial charge in [0.25, 0.3) is 0 Å². The quantitative estimate of drug-likeness (QED) is 0.387. The Morgan fingerprint density at radius 2 is 1.42 bits per heavy atom. The Hall–Kier alpha value is -1.96. The molecule has 2 rings (SSSR count). The molecule has 0 fully saturated rings. The van der Waals surface area contributed by atoms with Crippen LogP contribution in [0.3, 0.4) is 0 Å². The van der Waals surface area contributed by atoms with E-state index in [1.165, 1.54) is 57.8 Å². The fraction of sp³-hybridized carbons (Fsp3) is 0.500. The first-order valence-electron chi connectivity index (χ1n) is 10.2. The van der Waals surface area contributed by atoms with Crippen molar-refractivity contribution in [3.63, 3.8) is 0 Å². The topological polar surface area (TPSA) is 29.5 Å². The second-order valence-electron chi connectivity index (χ2n) is 7.02. The zero-order valence-electron chi connectivity index (χ0n) is 16.2. The van der Waals surface area contributed by atoms with E-state index in [-0.39, 0.29) is 5.75 Å². The minimum atomic E-state index is 0.280. The lowest BCUT2D eigenvalue weighted by Crippen LogP contribution is -1.97. The van der Waals surface area contributed by atoms with Crippen LogP contribution in [0.1, 0.15) is 71.1 Å². The van der Waals surface area contributed by atoms with Crippen LogP contribution in [-0.2, 0) is 0 Å². The van der Waals surface area contributed by atoms with Gasteiger partial charge in [0.15, 0.2) is 0 Å². The molecular formula is C24H33O2. The van der Waals surface area contributed by atoms with Crippen LogP contribution in [0.5, 0.6) is 11.5 Å². The number of hydrogen-bond donors (Lipinski definition) is 1. The summed E-state index contributed by atoms with van der Waals surface area (Å²) < 4.78 is 5.89. The molecule has 0 aliphatic heterocycles. The molecule has 1 radical (unpaired) electrons. The Morgan fingerprint density at radius 3 is 2.08 bits per heavy atom. The summed E-state index contributed by atoms with van der Waals surface area (Å²) in [5, 5.41) is 9.39. The van der Waals surface area contributed by atoms with Gasteiger partial charge in [0, 0.05) is 0 Å². The van der Waals surface area contributed by atoms with Crippen LogP contribution in [0, 0.1) is 6.07 Å². The first kappa shape index (κ1) is 20.4. The number of hydrogen-bond acceptors (Lipinski definition) is 2. The zero-order valence-corrected chi connectivity index (χ0v) is 16.2. The lowest BCUT2D eigenvalue weighted by molar-refractivity contribution is 0.304. The van der Waals surface area contributed by atoms with Crippen LogP contribution in [-0.4, -0.2) is 11.7 Å². The van der Waals surface area contributed by atoms with Gasteiger partial charge in [0.2, 0.25) is 0 Å². The Morgan fingerprint density at radius 1 is 0.808 bits per heavy atom. The first-order valence-corrected chi connectivity index (χ1v) is 10.2. The minimum Gasteiger partial charge on any atom is -0.508 e. The molecule has 0 atom stereocenters. The second-order valence-corrected chi connectivity index (χ2v) is 7.02. The van der Waals surface area contributed by atoms with E-state index in [9.17, 15) is 5.11 Å². The highest BCUT2D eigenvalue weighted by atomic mass is 16.5. The van der Waals surface area contributed by atoms with Crippen molar-refractivity contribution in [3.05, 3.63) is 48.5 Å². The minimum absolute atomic E-state index is 0.280. The number of benzene rings is 2. The molecule has 0 aliphatic rings. The summed E-state index contributed by atoms with van der Waals surface area (Å²) in [6.45, 7) is 3.04. The third-order valence-corrected chi connectivity index (χ3v) is 4.72. The molecule has 0 bridgehead atoms. The lowest BCUT2D eigenvalue weighted by Gasteiger charge is -2.08. The summed E-state index contributed by atoms with van der Waals surface area (Å²) in [5.74, 6) is 1.17. The van der Waals surface area contributed by atoms with E-state index in [2.05, 4.69) is 13.0 Å². The summed E-state index contributed by atoms with van der Waals surface area (Å²) in [6.07, 6.45) is 13.4. The van der Waals surface area contributed by atoms with Crippen LogP contribution in [0.15, 0.2) is 42.5 Å². The van der Waals surface area contributed by atoms with Gasteiger partial charge in [-0.3, -0.25) is 0 Å². The maximum absolute atomic E-state index is 9.39. The maximum Gasteiger partial charge on any atom is 0.119 e. The van der Waals surface area contributed by atoms with Crippen LogP contribution in [0.2, 0.25) is 0 Å². The van der Waals surface area contributed by atoms with Gasteiger partial charge < -0.3 is 9.84 Å². The van der Waals surface area contributed by atoms with E-state index in [0.717, 1.165) is 29.9 Å². The van der Waals surface area contributed by atoms with E-state index in [0.29, 0.717) is 0 Å². The molecule has 26 heavy (non-hydrogen) atoms. The average molecular weight is 354 g/mol. The standard InChI is InChI=1S/C24H33O2/c1-2-3-4-5-6-7-8-9-10-11-19-26-24-14-12-13-22(20-24)21-15-17-23(25)18-16-21/h12,14-18,20,25H,2-11,19H2,1H3. The molecule has 2 aromatic rings. The summed E-state index contributed by atoms with van der Waals surface area (Å²) in [4.78, 5) is 0. The van der Waals surface area contributed by atoms with Crippen molar-refractivity contribution in [2.45, 2.75) is 71.1 Å². The van der Waals surface area contributed by atoms with Gasteiger partial charge in [0.05, 0.1) is 6.61 Å². The third-order valence-electron chi connectivity index (χ3n) is 4.72. The average Bonchev–Trinajstić information content (AvgIpc) is 2.67. The number of ether oxygens (including phenoxy) is 1.